The molecule has 1 aliphatic rings. The zero-order valence-corrected chi connectivity index (χ0v) is 16.2. The first-order valence-corrected chi connectivity index (χ1v) is 9.96. The summed E-state index contributed by atoms with van der Waals surface area (Å²) in [6.07, 6.45) is 3.47. The molecule has 1 amide bonds. The Morgan fingerprint density at radius 2 is 1.72 bits per heavy atom. The van der Waals surface area contributed by atoms with Crippen molar-refractivity contribution in [3.8, 4) is 11.3 Å². The Hall–Kier alpha value is -3.05. The van der Waals surface area contributed by atoms with Crippen molar-refractivity contribution < 1.29 is 9.18 Å². The quantitative estimate of drug-likeness (QED) is 0.708. The Morgan fingerprint density at radius 1 is 1.00 bits per heavy atom. The molecule has 1 N–H and O–H groups in total. The number of nitrogens with one attached hydrogen (secondary N) is 1. The van der Waals surface area contributed by atoms with Crippen molar-refractivity contribution in [2.45, 2.75) is 25.4 Å². The maximum absolute atomic E-state index is 13.1. The van der Waals surface area contributed by atoms with Crippen LogP contribution in [0.15, 0.2) is 72.9 Å². The number of rotatable bonds is 5. The van der Waals surface area contributed by atoms with Gasteiger partial charge in [-0.3, -0.25) is 14.7 Å². The van der Waals surface area contributed by atoms with Crippen LogP contribution in [0.2, 0.25) is 0 Å². The smallest absolute Gasteiger partial charge is 0.253 e. The van der Waals surface area contributed by atoms with Gasteiger partial charge in [0.15, 0.2) is 0 Å². The second-order valence-electron chi connectivity index (χ2n) is 7.45. The molecule has 1 fully saturated rings. The van der Waals surface area contributed by atoms with Gasteiger partial charge in [-0.25, -0.2) is 4.39 Å². The van der Waals surface area contributed by atoms with Crippen molar-refractivity contribution in [2.75, 3.05) is 13.1 Å². The predicted molar refractivity (Wildman–Crippen MR) is 112 cm³/mol. The zero-order valence-electron chi connectivity index (χ0n) is 16.2. The monoisotopic (exact) mass is 389 g/mol. The summed E-state index contributed by atoms with van der Waals surface area (Å²) in [5, 5.41) is 3.13. The van der Waals surface area contributed by atoms with Gasteiger partial charge < -0.3 is 5.32 Å². The second kappa shape index (κ2) is 8.97. The summed E-state index contributed by atoms with van der Waals surface area (Å²) in [5.74, 6) is -0.371. The average Bonchev–Trinajstić information content (AvgIpc) is 2.76. The van der Waals surface area contributed by atoms with Crippen LogP contribution in [0.4, 0.5) is 4.39 Å². The van der Waals surface area contributed by atoms with Crippen molar-refractivity contribution in [1.82, 2.24) is 15.2 Å². The van der Waals surface area contributed by atoms with Crippen molar-refractivity contribution in [3.63, 3.8) is 0 Å². The van der Waals surface area contributed by atoms with E-state index in [1.54, 1.807) is 30.5 Å². The lowest BCUT2D eigenvalue weighted by Gasteiger charge is -2.32. The van der Waals surface area contributed by atoms with Gasteiger partial charge in [0.1, 0.15) is 5.82 Å². The molecule has 148 valence electrons. The number of likely N-dealkylation sites (tertiary alicyclic amines) is 1. The number of nitrogens with zero attached hydrogens (tertiary/aromatic N) is 2. The van der Waals surface area contributed by atoms with Crippen LogP contribution in [0.3, 0.4) is 0 Å². The summed E-state index contributed by atoms with van der Waals surface area (Å²) in [6, 6.07) is 20.4. The summed E-state index contributed by atoms with van der Waals surface area (Å²) in [6.45, 7) is 2.90. The normalized spacial score (nSPS) is 15.2. The fourth-order valence-corrected chi connectivity index (χ4v) is 3.67. The first kappa shape index (κ1) is 19.3. The standard InChI is InChI=1S/C24H24FN3O/c25-21-9-6-19(7-10-21)23-11-8-20(16-26-23)24(29)27-22-12-14-28(15-13-22)17-18-4-2-1-3-5-18/h1-11,16,22H,12-15,17H2,(H,27,29). The second-order valence-corrected chi connectivity index (χ2v) is 7.45. The van der Waals surface area contributed by atoms with Gasteiger partial charge in [0.05, 0.1) is 11.3 Å². The fourth-order valence-electron chi connectivity index (χ4n) is 3.67. The Labute approximate surface area is 170 Å². The maximum Gasteiger partial charge on any atom is 0.253 e. The molecule has 1 aliphatic heterocycles. The van der Waals surface area contributed by atoms with E-state index in [9.17, 15) is 9.18 Å². The van der Waals surface area contributed by atoms with Gasteiger partial charge in [0.25, 0.3) is 5.91 Å². The van der Waals surface area contributed by atoms with Crippen LogP contribution in [0, 0.1) is 5.82 Å². The molecular formula is C24H24FN3O. The van der Waals surface area contributed by atoms with Gasteiger partial charge in [-0.2, -0.15) is 0 Å². The molecule has 3 aromatic rings. The van der Waals surface area contributed by atoms with E-state index in [4.69, 9.17) is 0 Å². The van der Waals surface area contributed by atoms with E-state index in [1.807, 2.05) is 6.07 Å². The molecule has 5 heteroatoms. The van der Waals surface area contributed by atoms with Gasteiger partial charge in [-0.1, -0.05) is 30.3 Å². The first-order valence-electron chi connectivity index (χ1n) is 9.96. The van der Waals surface area contributed by atoms with Crippen molar-refractivity contribution in [2.24, 2.45) is 0 Å². The molecule has 2 aromatic carbocycles. The molecule has 4 nitrogen and oxygen atoms in total. The largest absolute Gasteiger partial charge is 0.349 e. The number of hydrogen-bond donors (Lipinski definition) is 1. The Morgan fingerprint density at radius 3 is 2.38 bits per heavy atom. The maximum atomic E-state index is 13.1. The Kier molecular flexibility index (Phi) is 5.96. The summed E-state index contributed by atoms with van der Waals surface area (Å²) in [5.41, 5.74) is 3.41. The number of carbonyl (C=O) groups excluding carboxylic acids is 1. The van der Waals surface area contributed by atoms with Crippen LogP contribution in [0.5, 0.6) is 0 Å². The topological polar surface area (TPSA) is 45.2 Å². The molecule has 2 heterocycles. The fraction of sp³-hybridized carbons (Fsp3) is 0.250. The number of pyridine rings is 1. The Balaban J connectivity index is 1.29. The molecular weight excluding hydrogens is 365 g/mol. The van der Waals surface area contributed by atoms with Gasteiger partial charge in [0, 0.05) is 37.4 Å². The van der Waals surface area contributed by atoms with Crippen molar-refractivity contribution >= 4 is 5.91 Å². The van der Waals surface area contributed by atoms with Crippen LogP contribution in [-0.2, 0) is 6.54 Å². The SMILES string of the molecule is O=C(NC1CCN(Cc2ccccc2)CC1)c1ccc(-c2ccc(F)cc2)nc1. The number of benzene rings is 2. The zero-order chi connectivity index (χ0) is 20.1. The van der Waals surface area contributed by atoms with Gasteiger partial charge >= 0.3 is 0 Å². The number of piperidine rings is 1. The minimum Gasteiger partial charge on any atom is -0.349 e. The van der Waals surface area contributed by atoms with E-state index < -0.39 is 0 Å². The van der Waals surface area contributed by atoms with E-state index in [2.05, 4.69) is 39.5 Å². The van der Waals surface area contributed by atoms with Crippen LogP contribution >= 0.6 is 0 Å². The van der Waals surface area contributed by atoms with Crippen LogP contribution in [-0.4, -0.2) is 34.9 Å². The minimum absolute atomic E-state index is 0.0929. The minimum atomic E-state index is -0.278. The highest BCUT2D eigenvalue weighted by Gasteiger charge is 2.21. The van der Waals surface area contributed by atoms with Gasteiger partial charge in [0.2, 0.25) is 0 Å². The van der Waals surface area contributed by atoms with E-state index in [1.165, 1.54) is 17.7 Å². The Bertz CT molecular complexity index is 934. The van der Waals surface area contributed by atoms with Crippen molar-refractivity contribution in [1.29, 1.82) is 0 Å². The lowest BCUT2D eigenvalue weighted by atomic mass is 10.0. The summed E-state index contributed by atoms with van der Waals surface area (Å²) < 4.78 is 13.1. The third-order valence-corrected chi connectivity index (χ3v) is 5.34. The predicted octanol–water partition coefficient (Wildman–Crippen LogP) is 4.28. The van der Waals surface area contributed by atoms with E-state index >= 15 is 0 Å². The number of halogens is 1. The molecule has 0 atom stereocenters. The molecule has 0 aliphatic carbocycles. The molecule has 1 aromatic heterocycles. The molecule has 0 bridgehead atoms. The summed E-state index contributed by atoms with van der Waals surface area (Å²) in [4.78, 5) is 19.4. The molecule has 0 unspecified atom stereocenters. The highest BCUT2D eigenvalue weighted by Crippen LogP contribution is 2.18. The molecule has 1 saturated heterocycles. The first-order chi connectivity index (χ1) is 14.2. The van der Waals surface area contributed by atoms with E-state index in [0.29, 0.717) is 5.56 Å². The number of amides is 1. The number of hydrogen-bond acceptors (Lipinski definition) is 3. The highest BCUT2D eigenvalue weighted by atomic mass is 19.1. The van der Waals surface area contributed by atoms with E-state index in [0.717, 1.165) is 43.7 Å². The van der Waals surface area contributed by atoms with Crippen molar-refractivity contribution in [3.05, 3.63) is 89.9 Å². The molecule has 0 saturated carbocycles. The third kappa shape index (κ3) is 5.06. The lowest BCUT2D eigenvalue weighted by molar-refractivity contribution is 0.0908. The van der Waals surface area contributed by atoms with Crippen LogP contribution in [0.1, 0.15) is 28.8 Å². The third-order valence-electron chi connectivity index (χ3n) is 5.34. The van der Waals surface area contributed by atoms with E-state index in [-0.39, 0.29) is 17.8 Å². The summed E-state index contributed by atoms with van der Waals surface area (Å²) >= 11 is 0. The highest BCUT2D eigenvalue weighted by molar-refractivity contribution is 5.94. The number of aromatic nitrogens is 1. The molecule has 29 heavy (non-hydrogen) atoms. The molecule has 0 radical (unpaired) electrons. The van der Waals surface area contributed by atoms with Crippen LogP contribution < -0.4 is 5.32 Å². The summed E-state index contributed by atoms with van der Waals surface area (Å²) in [7, 11) is 0. The van der Waals surface area contributed by atoms with Crippen LogP contribution in [0.25, 0.3) is 11.3 Å². The lowest BCUT2D eigenvalue weighted by Crippen LogP contribution is -2.44. The van der Waals surface area contributed by atoms with Gasteiger partial charge in [-0.15, -0.1) is 0 Å². The number of carbonyl (C=O) groups is 1. The van der Waals surface area contributed by atoms with Gasteiger partial charge in [-0.05, 0) is 54.8 Å². The average molecular weight is 389 g/mol. The molecule has 4 rings (SSSR count). The molecule has 0 spiro atoms.